The smallest absolute Gasteiger partial charge is 0.308 e. The summed E-state index contributed by atoms with van der Waals surface area (Å²) < 4.78 is 58.6. The number of hydrogen-bond acceptors (Lipinski definition) is 8. The standard InChI is InChI=1S/C25H24N4O7S2/c1-29(19-9-3-2-4-10-19)38(34,35)20-11-7-8-18(16-20)27-23(30)17-36-24(31)14-15-26-25-21-12-5-6-13-22(21)37(32,33)28-25/h2-13,16H,14-15,17H2,1H3,(H,26,28)(H,27,30). The number of anilines is 2. The molecule has 0 radical (unpaired) electrons. The molecule has 1 heterocycles. The third-order valence-corrected chi connectivity index (χ3v) is 8.69. The van der Waals surface area contributed by atoms with Crippen LogP contribution in [0.4, 0.5) is 11.4 Å². The van der Waals surface area contributed by atoms with Crippen molar-refractivity contribution in [3.63, 3.8) is 0 Å². The Morgan fingerprint density at radius 2 is 1.71 bits per heavy atom. The van der Waals surface area contributed by atoms with Crippen LogP contribution in [-0.4, -0.2) is 54.7 Å². The first-order valence-corrected chi connectivity index (χ1v) is 14.3. The lowest BCUT2D eigenvalue weighted by atomic mass is 10.2. The number of sulfonamides is 2. The quantitative estimate of drug-likeness (QED) is 0.383. The first kappa shape index (κ1) is 26.8. The largest absolute Gasteiger partial charge is 0.456 e. The molecule has 1 aliphatic rings. The van der Waals surface area contributed by atoms with E-state index in [1.807, 2.05) is 0 Å². The number of amides is 1. The minimum absolute atomic E-state index is 0.0260. The monoisotopic (exact) mass is 556 g/mol. The first-order chi connectivity index (χ1) is 18.1. The van der Waals surface area contributed by atoms with Crippen LogP contribution >= 0.6 is 0 Å². The van der Waals surface area contributed by atoms with E-state index in [2.05, 4.69) is 15.0 Å². The Bertz CT molecular complexity index is 1610. The molecular weight excluding hydrogens is 532 g/mol. The zero-order valence-electron chi connectivity index (χ0n) is 20.2. The Hall–Kier alpha value is -4.23. The molecule has 0 saturated carbocycles. The van der Waals surface area contributed by atoms with E-state index < -0.39 is 38.5 Å². The van der Waals surface area contributed by atoms with Crippen LogP contribution in [0.2, 0.25) is 0 Å². The van der Waals surface area contributed by atoms with Crippen molar-refractivity contribution in [1.82, 2.24) is 4.72 Å². The van der Waals surface area contributed by atoms with Crippen molar-refractivity contribution in [3.05, 3.63) is 84.4 Å². The zero-order chi connectivity index (χ0) is 27.3. The minimum Gasteiger partial charge on any atom is -0.456 e. The highest BCUT2D eigenvalue weighted by Gasteiger charge is 2.30. The van der Waals surface area contributed by atoms with Crippen molar-refractivity contribution in [2.45, 2.75) is 16.2 Å². The number of nitrogens with one attached hydrogen (secondary N) is 2. The van der Waals surface area contributed by atoms with Gasteiger partial charge in [0.2, 0.25) is 0 Å². The number of nitrogens with zero attached hydrogens (tertiary/aromatic N) is 2. The zero-order valence-corrected chi connectivity index (χ0v) is 21.8. The van der Waals surface area contributed by atoms with Crippen molar-refractivity contribution < 1.29 is 31.2 Å². The SMILES string of the molecule is CN(c1ccccc1)S(=O)(=O)c1cccc(NC(=O)COC(=O)CCN=C2NS(=O)(=O)c3ccccc32)c1. The molecule has 198 valence electrons. The summed E-state index contributed by atoms with van der Waals surface area (Å²) in [5.41, 5.74) is 1.11. The summed E-state index contributed by atoms with van der Waals surface area (Å²) in [5, 5.41) is 2.51. The van der Waals surface area contributed by atoms with Gasteiger partial charge < -0.3 is 10.1 Å². The van der Waals surface area contributed by atoms with E-state index >= 15 is 0 Å². The second kappa shape index (κ2) is 11.0. The van der Waals surface area contributed by atoms with E-state index in [9.17, 15) is 26.4 Å². The average molecular weight is 557 g/mol. The van der Waals surface area contributed by atoms with Gasteiger partial charge >= 0.3 is 5.97 Å². The van der Waals surface area contributed by atoms with E-state index in [-0.39, 0.29) is 34.3 Å². The van der Waals surface area contributed by atoms with Gasteiger partial charge in [-0.2, -0.15) is 0 Å². The summed E-state index contributed by atoms with van der Waals surface area (Å²) in [7, 11) is -6.13. The molecule has 0 atom stereocenters. The van der Waals surface area contributed by atoms with Gasteiger partial charge in [0.05, 0.1) is 28.4 Å². The Morgan fingerprint density at radius 1 is 1.00 bits per heavy atom. The summed E-state index contributed by atoms with van der Waals surface area (Å²) in [4.78, 5) is 28.5. The normalized spacial score (nSPS) is 14.8. The van der Waals surface area contributed by atoms with Crippen molar-refractivity contribution in [2.24, 2.45) is 4.99 Å². The molecule has 4 rings (SSSR count). The molecule has 0 saturated heterocycles. The van der Waals surface area contributed by atoms with Gasteiger partial charge in [0.1, 0.15) is 5.84 Å². The summed E-state index contributed by atoms with van der Waals surface area (Å²) in [5.74, 6) is -1.23. The van der Waals surface area contributed by atoms with Gasteiger partial charge in [0, 0.05) is 18.3 Å². The topological polar surface area (TPSA) is 151 Å². The molecular formula is C25H24N4O7S2. The van der Waals surface area contributed by atoms with Gasteiger partial charge in [-0.05, 0) is 42.5 Å². The van der Waals surface area contributed by atoms with Gasteiger partial charge in [-0.25, -0.2) is 16.8 Å². The van der Waals surface area contributed by atoms with E-state index in [1.165, 1.54) is 37.4 Å². The Kier molecular flexibility index (Phi) is 7.78. The predicted molar refractivity (Wildman–Crippen MR) is 141 cm³/mol. The Balaban J connectivity index is 1.29. The van der Waals surface area contributed by atoms with Crippen LogP contribution in [0.1, 0.15) is 12.0 Å². The van der Waals surface area contributed by atoms with E-state index in [4.69, 9.17) is 4.74 Å². The van der Waals surface area contributed by atoms with Crippen LogP contribution in [0, 0.1) is 0 Å². The average Bonchev–Trinajstić information content (AvgIpc) is 3.17. The van der Waals surface area contributed by atoms with Crippen molar-refractivity contribution in [2.75, 3.05) is 29.8 Å². The van der Waals surface area contributed by atoms with Crippen LogP contribution in [-0.2, 0) is 34.4 Å². The summed E-state index contributed by atoms with van der Waals surface area (Å²) in [6.07, 6.45) is -0.180. The number of ether oxygens (including phenoxy) is 1. The Labute approximate surface area is 220 Å². The number of aliphatic imine (C=N–C) groups is 1. The van der Waals surface area contributed by atoms with E-state index in [0.29, 0.717) is 11.3 Å². The highest BCUT2D eigenvalue weighted by molar-refractivity contribution is 7.92. The molecule has 0 spiro atoms. The molecule has 13 heteroatoms. The fourth-order valence-electron chi connectivity index (χ4n) is 3.59. The maximum Gasteiger partial charge on any atom is 0.308 e. The van der Waals surface area contributed by atoms with Gasteiger partial charge in [-0.15, -0.1) is 0 Å². The van der Waals surface area contributed by atoms with Crippen LogP contribution in [0.3, 0.4) is 0 Å². The second-order valence-electron chi connectivity index (χ2n) is 8.13. The number of carbonyl (C=O) groups is 2. The molecule has 0 bridgehead atoms. The molecule has 0 fully saturated rings. The first-order valence-electron chi connectivity index (χ1n) is 11.3. The predicted octanol–water partition coefficient (Wildman–Crippen LogP) is 2.12. The molecule has 0 unspecified atom stereocenters. The third-order valence-electron chi connectivity index (χ3n) is 5.51. The molecule has 1 aliphatic heterocycles. The fraction of sp³-hybridized carbons (Fsp3) is 0.160. The Morgan fingerprint density at radius 3 is 2.47 bits per heavy atom. The fourth-order valence-corrected chi connectivity index (χ4v) is 6.09. The number of amidine groups is 1. The lowest BCUT2D eigenvalue weighted by Crippen LogP contribution is -2.26. The highest BCUT2D eigenvalue weighted by Crippen LogP contribution is 2.24. The number of carbonyl (C=O) groups excluding carboxylic acids is 2. The number of para-hydroxylation sites is 1. The van der Waals surface area contributed by atoms with Gasteiger partial charge in [0.25, 0.3) is 26.0 Å². The van der Waals surface area contributed by atoms with Crippen molar-refractivity contribution in [3.8, 4) is 0 Å². The van der Waals surface area contributed by atoms with Gasteiger partial charge in [0.15, 0.2) is 6.61 Å². The van der Waals surface area contributed by atoms with Gasteiger partial charge in [-0.1, -0.05) is 36.4 Å². The lowest BCUT2D eigenvalue weighted by molar-refractivity contribution is -0.147. The lowest BCUT2D eigenvalue weighted by Gasteiger charge is -2.19. The van der Waals surface area contributed by atoms with E-state index in [0.717, 1.165) is 4.31 Å². The molecule has 3 aromatic rings. The number of hydrogen-bond donors (Lipinski definition) is 2. The second-order valence-corrected chi connectivity index (χ2v) is 11.7. The highest BCUT2D eigenvalue weighted by atomic mass is 32.2. The number of esters is 1. The number of fused-ring (bicyclic) bond motifs is 1. The van der Waals surface area contributed by atoms with E-state index in [1.54, 1.807) is 48.5 Å². The summed E-state index contributed by atoms with van der Waals surface area (Å²) in [6, 6.07) is 20.6. The van der Waals surface area contributed by atoms with Crippen molar-refractivity contribution in [1.29, 1.82) is 0 Å². The summed E-state index contributed by atoms with van der Waals surface area (Å²) in [6.45, 7) is -0.646. The maximum atomic E-state index is 13.0. The molecule has 38 heavy (non-hydrogen) atoms. The molecule has 11 nitrogen and oxygen atoms in total. The number of rotatable bonds is 9. The molecule has 0 aliphatic carbocycles. The maximum absolute atomic E-state index is 13.0. The number of benzene rings is 3. The van der Waals surface area contributed by atoms with Crippen LogP contribution in [0.5, 0.6) is 0 Å². The van der Waals surface area contributed by atoms with Crippen molar-refractivity contribution >= 4 is 49.1 Å². The molecule has 0 aromatic heterocycles. The molecule has 3 aromatic carbocycles. The molecule has 1 amide bonds. The van der Waals surface area contributed by atoms with Gasteiger partial charge in [-0.3, -0.25) is 23.6 Å². The minimum atomic E-state index is -3.88. The van der Waals surface area contributed by atoms with Crippen LogP contribution in [0.25, 0.3) is 0 Å². The third kappa shape index (κ3) is 6.01. The van der Waals surface area contributed by atoms with Crippen LogP contribution in [0.15, 0.2) is 93.6 Å². The summed E-state index contributed by atoms with van der Waals surface area (Å²) >= 11 is 0. The van der Waals surface area contributed by atoms with Crippen LogP contribution < -0.4 is 14.3 Å². The molecule has 2 N–H and O–H groups in total.